The second-order valence-electron chi connectivity index (χ2n) is 4.47. The Morgan fingerprint density at radius 1 is 1.33 bits per heavy atom. The van der Waals surface area contributed by atoms with E-state index in [1.165, 1.54) is 11.8 Å². The number of hydrogen-bond acceptors (Lipinski definition) is 6. The van der Waals surface area contributed by atoms with Gasteiger partial charge in [0.1, 0.15) is 22.6 Å². The molecule has 0 radical (unpaired) electrons. The lowest BCUT2D eigenvalue weighted by Gasteiger charge is -2.11. The van der Waals surface area contributed by atoms with Gasteiger partial charge in [-0.3, -0.25) is 0 Å². The molecule has 2 aromatic rings. The number of methoxy groups -OCH3 is 2. The summed E-state index contributed by atoms with van der Waals surface area (Å²) in [4.78, 5) is 8.95. The van der Waals surface area contributed by atoms with Gasteiger partial charge in [0.05, 0.1) is 25.4 Å². The van der Waals surface area contributed by atoms with Gasteiger partial charge in [0, 0.05) is 17.2 Å². The Bertz CT molecular complexity index is 736. The van der Waals surface area contributed by atoms with Crippen LogP contribution in [0.4, 0.5) is 0 Å². The summed E-state index contributed by atoms with van der Waals surface area (Å²) in [5.74, 6) is 1.38. The predicted molar refractivity (Wildman–Crippen MR) is 84.6 cm³/mol. The summed E-state index contributed by atoms with van der Waals surface area (Å²) in [6.45, 7) is 0. The fraction of sp³-hybridized carbons (Fsp3) is 0.286. The lowest BCUT2D eigenvalue weighted by atomic mass is 10.1. The molecule has 5 nitrogen and oxygen atoms in total. The molecular weight excluding hydrogens is 312 g/mol. The van der Waals surface area contributed by atoms with Crippen LogP contribution < -0.4 is 4.74 Å². The standard InChI is InChI=1S/C14H13ClN2O3S/c1-19-11-4-3-7-10(18)5-8(16-13(7)12(11)15)9-6-21-14(17-9)20-2/h3-5,9H,6H2,1-2H3,(H,16,18). The number of pyridine rings is 1. The van der Waals surface area contributed by atoms with E-state index in [0.717, 1.165) is 5.75 Å². The first kappa shape index (κ1) is 14.3. The minimum absolute atomic E-state index is 0.130. The lowest BCUT2D eigenvalue weighted by Crippen LogP contribution is -1.99. The van der Waals surface area contributed by atoms with Crippen LogP contribution in [0.1, 0.15) is 11.7 Å². The first-order valence-corrected chi connectivity index (χ1v) is 7.61. The zero-order chi connectivity index (χ0) is 15.0. The van der Waals surface area contributed by atoms with Gasteiger partial charge in [-0.1, -0.05) is 23.4 Å². The normalized spacial score (nSPS) is 17.9. The van der Waals surface area contributed by atoms with Crippen molar-refractivity contribution in [2.75, 3.05) is 20.0 Å². The minimum Gasteiger partial charge on any atom is -0.507 e. The SMILES string of the molecule is COC1=NC(c2cc(O)c3ccc(OC)c(Cl)c3n2)CS1. The smallest absolute Gasteiger partial charge is 0.246 e. The maximum absolute atomic E-state index is 10.2. The Kier molecular flexibility index (Phi) is 3.82. The number of fused-ring (bicyclic) bond motifs is 1. The van der Waals surface area contributed by atoms with Crippen LogP contribution in [0.15, 0.2) is 23.2 Å². The topological polar surface area (TPSA) is 63.9 Å². The van der Waals surface area contributed by atoms with E-state index in [0.29, 0.717) is 32.6 Å². The highest BCUT2D eigenvalue weighted by Crippen LogP contribution is 2.38. The van der Waals surface area contributed by atoms with Gasteiger partial charge in [0.15, 0.2) is 0 Å². The fourth-order valence-electron chi connectivity index (χ4n) is 2.18. The highest BCUT2D eigenvalue weighted by molar-refractivity contribution is 8.13. The number of aliphatic imine (C=N–C) groups is 1. The van der Waals surface area contributed by atoms with E-state index in [9.17, 15) is 5.11 Å². The molecule has 1 aliphatic heterocycles. The third-order valence-corrected chi connectivity index (χ3v) is 4.61. The van der Waals surface area contributed by atoms with Crippen molar-refractivity contribution in [1.82, 2.24) is 4.98 Å². The minimum atomic E-state index is -0.150. The Labute approximate surface area is 130 Å². The molecule has 1 aromatic heterocycles. The van der Waals surface area contributed by atoms with E-state index >= 15 is 0 Å². The molecule has 1 aliphatic rings. The van der Waals surface area contributed by atoms with Gasteiger partial charge < -0.3 is 14.6 Å². The molecule has 1 atom stereocenters. The summed E-state index contributed by atoms with van der Waals surface area (Å²) in [7, 11) is 3.13. The summed E-state index contributed by atoms with van der Waals surface area (Å²) in [5.41, 5.74) is 1.17. The van der Waals surface area contributed by atoms with E-state index < -0.39 is 0 Å². The van der Waals surface area contributed by atoms with Crippen LogP contribution >= 0.6 is 23.4 Å². The van der Waals surface area contributed by atoms with Crippen molar-refractivity contribution in [2.24, 2.45) is 4.99 Å². The number of aromatic hydroxyl groups is 1. The average molecular weight is 325 g/mol. The number of nitrogens with zero attached hydrogens (tertiary/aromatic N) is 2. The van der Waals surface area contributed by atoms with Gasteiger partial charge in [-0.05, 0) is 12.1 Å². The summed E-state index contributed by atoms with van der Waals surface area (Å²) in [6.07, 6.45) is 0. The Morgan fingerprint density at radius 3 is 2.81 bits per heavy atom. The molecule has 0 saturated carbocycles. The molecule has 3 rings (SSSR count). The maximum atomic E-state index is 10.2. The number of hydrogen-bond donors (Lipinski definition) is 1. The van der Waals surface area contributed by atoms with Crippen LogP contribution in [-0.2, 0) is 4.74 Å². The molecule has 0 saturated heterocycles. The van der Waals surface area contributed by atoms with E-state index in [4.69, 9.17) is 21.1 Å². The highest BCUT2D eigenvalue weighted by Gasteiger charge is 2.23. The van der Waals surface area contributed by atoms with Gasteiger partial charge >= 0.3 is 0 Å². The second-order valence-corrected chi connectivity index (χ2v) is 5.82. The fourth-order valence-corrected chi connectivity index (χ4v) is 3.33. The van der Waals surface area contributed by atoms with E-state index in [1.807, 2.05) is 0 Å². The van der Waals surface area contributed by atoms with Crippen LogP contribution in [0.25, 0.3) is 10.9 Å². The van der Waals surface area contributed by atoms with Gasteiger partial charge in [-0.15, -0.1) is 0 Å². The van der Waals surface area contributed by atoms with Crippen molar-refractivity contribution >= 4 is 39.5 Å². The summed E-state index contributed by atoms with van der Waals surface area (Å²) in [5, 5.41) is 11.8. The first-order chi connectivity index (χ1) is 10.1. The molecule has 1 aromatic carbocycles. The molecular formula is C14H13ClN2O3S. The molecule has 0 bridgehead atoms. The molecule has 0 aliphatic carbocycles. The molecule has 1 N–H and O–H groups in total. The zero-order valence-corrected chi connectivity index (χ0v) is 13.0. The molecule has 21 heavy (non-hydrogen) atoms. The highest BCUT2D eigenvalue weighted by atomic mass is 35.5. The van der Waals surface area contributed by atoms with Crippen molar-refractivity contribution in [1.29, 1.82) is 0 Å². The van der Waals surface area contributed by atoms with Crippen LogP contribution in [0.5, 0.6) is 11.5 Å². The van der Waals surface area contributed by atoms with E-state index in [1.54, 1.807) is 32.4 Å². The van der Waals surface area contributed by atoms with Crippen LogP contribution in [-0.4, -0.2) is 35.3 Å². The number of halogens is 1. The van der Waals surface area contributed by atoms with Gasteiger partial charge in [-0.25, -0.2) is 9.98 Å². The summed E-state index contributed by atoms with van der Waals surface area (Å²) in [6, 6.07) is 4.92. The number of rotatable bonds is 2. The average Bonchev–Trinajstić information content (AvgIpc) is 2.97. The number of benzene rings is 1. The van der Waals surface area contributed by atoms with Gasteiger partial charge in [0.2, 0.25) is 5.23 Å². The second kappa shape index (κ2) is 5.61. The number of ether oxygens (including phenoxy) is 2. The van der Waals surface area contributed by atoms with Crippen LogP contribution in [0.2, 0.25) is 5.02 Å². The van der Waals surface area contributed by atoms with Crippen molar-refractivity contribution in [3.8, 4) is 11.5 Å². The molecule has 7 heteroatoms. The summed E-state index contributed by atoms with van der Waals surface area (Å²) >= 11 is 7.80. The number of thioether (sulfide) groups is 1. The first-order valence-electron chi connectivity index (χ1n) is 6.24. The molecule has 2 heterocycles. The predicted octanol–water partition coefficient (Wildman–Crippen LogP) is 3.39. The van der Waals surface area contributed by atoms with Crippen molar-refractivity contribution in [3.63, 3.8) is 0 Å². The quantitative estimate of drug-likeness (QED) is 0.917. The Morgan fingerprint density at radius 2 is 2.14 bits per heavy atom. The molecule has 0 fully saturated rings. The Balaban J connectivity index is 2.13. The third kappa shape index (κ3) is 2.49. The largest absolute Gasteiger partial charge is 0.507 e. The Hall–Kier alpha value is -1.66. The van der Waals surface area contributed by atoms with E-state index in [2.05, 4.69) is 9.98 Å². The van der Waals surface area contributed by atoms with Crippen LogP contribution in [0, 0.1) is 0 Å². The van der Waals surface area contributed by atoms with Crippen LogP contribution in [0.3, 0.4) is 0 Å². The van der Waals surface area contributed by atoms with Crippen molar-refractivity contribution in [3.05, 3.63) is 28.9 Å². The maximum Gasteiger partial charge on any atom is 0.246 e. The number of aromatic nitrogens is 1. The lowest BCUT2D eigenvalue weighted by molar-refractivity contribution is 0.413. The van der Waals surface area contributed by atoms with Gasteiger partial charge in [0.25, 0.3) is 0 Å². The molecule has 0 spiro atoms. The van der Waals surface area contributed by atoms with Gasteiger partial charge in [-0.2, -0.15) is 0 Å². The van der Waals surface area contributed by atoms with E-state index in [-0.39, 0.29) is 11.8 Å². The molecule has 0 amide bonds. The summed E-state index contributed by atoms with van der Waals surface area (Å²) < 4.78 is 10.3. The third-order valence-electron chi connectivity index (χ3n) is 3.24. The monoisotopic (exact) mass is 324 g/mol. The zero-order valence-electron chi connectivity index (χ0n) is 11.5. The van der Waals surface area contributed by atoms with Crippen molar-refractivity contribution in [2.45, 2.75) is 6.04 Å². The molecule has 110 valence electrons. The van der Waals surface area contributed by atoms with Crippen molar-refractivity contribution < 1.29 is 14.6 Å². The molecule has 1 unspecified atom stereocenters.